The Hall–Kier alpha value is -1.19. The molecule has 0 saturated heterocycles. The third kappa shape index (κ3) is 4.42. The van der Waals surface area contributed by atoms with Gasteiger partial charge in [-0.1, -0.05) is 30.0 Å². The molecule has 1 aliphatic carbocycles. The van der Waals surface area contributed by atoms with Gasteiger partial charge in [0.15, 0.2) is 9.47 Å². The maximum Gasteiger partial charge on any atom is 0.225 e. The van der Waals surface area contributed by atoms with Gasteiger partial charge in [-0.25, -0.2) is 4.98 Å². The largest absolute Gasteiger partial charge is 0.360 e. The maximum absolute atomic E-state index is 11.8. The van der Waals surface area contributed by atoms with E-state index >= 15 is 0 Å². The summed E-state index contributed by atoms with van der Waals surface area (Å²) in [6, 6.07) is 0.356. The van der Waals surface area contributed by atoms with Crippen LogP contribution in [-0.2, 0) is 10.5 Å². The van der Waals surface area contributed by atoms with Crippen LogP contribution < -0.4 is 10.2 Å². The monoisotopic (exact) mass is 369 g/mol. The highest BCUT2D eigenvalue weighted by atomic mass is 32.2. The first-order chi connectivity index (χ1) is 11.2. The normalized spacial score (nSPS) is 14.0. The maximum atomic E-state index is 11.8. The van der Waals surface area contributed by atoms with E-state index in [0.29, 0.717) is 6.04 Å². The summed E-state index contributed by atoms with van der Waals surface area (Å²) >= 11 is 4.74. The molecule has 1 amide bonds. The first-order valence-corrected chi connectivity index (χ1v) is 10.3. The Balaban J connectivity index is 1.56. The van der Waals surface area contributed by atoms with Crippen LogP contribution in [-0.4, -0.2) is 33.7 Å². The van der Waals surface area contributed by atoms with Gasteiger partial charge in [0.05, 0.1) is 5.69 Å². The number of carbonyl (C=O) groups excluding carboxylic acids is 1. The van der Waals surface area contributed by atoms with E-state index in [-0.39, 0.29) is 5.91 Å². The molecule has 1 saturated carbocycles. The van der Waals surface area contributed by atoms with Gasteiger partial charge in [0, 0.05) is 30.6 Å². The second-order valence-corrected chi connectivity index (χ2v) is 8.37. The first-order valence-electron chi connectivity index (χ1n) is 7.61. The third-order valence-corrected chi connectivity index (χ3v) is 6.21. The van der Waals surface area contributed by atoms with Gasteiger partial charge in [0.1, 0.15) is 0 Å². The molecule has 2 heterocycles. The van der Waals surface area contributed by atoms with Crippen LogP contribution in [0.15, 0.2) is 9.72 Å². The van der Waals surface area contributed by atoms with Crippen LogP contribution in [0.1, 0.15) is 38.8 Å². The second kappa shape index (κ2) is 7.59. The summed E-state index contributed by atoms with van der Waals surface area (Å²) in [5, 5.41) is 15.2. The molecular formula is C14H19N5OS3. The molecule has 6 nitrogen and oxygen atoms in total. The van der Waals surface area contributed by atoms with Crippen molar-refractivity contribution in [3.05, 3.63) is 11.1 Å². The van der Waals surface area contributed by atoms with Crippen molar-refractivity contribution in [3.8, 4) is 0 Å². The summed E-state index contributed by atoms with van der Waals surface area (Å²) in [6.45, 7) is 4.65. The van der Waals surface area contributed by atoms with Crippen molar-refractivity contribution in [1.82, 2.24) is 15.2 Å². The van der Waals surface area contributed by atoms with E-state index in [1.54, 1.807) is 41.4 Å². The average Bonchev–Trinajstić information content (AvgIpc) is 3.07. The molecule has 124 valence electrons. The van der Waals surface area contributed by atoms with Crippen LogP contribution in [0.3, 0.4) is 0 Å². The van der Waals surface area contributed by atoms with Crippen molar-refractivity contribution >= 4 is 50.6 Å². The van der Waals surface area contributed by atoms with Crippen molar-refractivity contribution in [2.24, 2.45) is 0 Å². The molecule has 0 atom stereocenters. The van der Waals surface area contributed by atoms with Gasteiger partial charge in [0.25, 0.3) is 0 Å². The molecule has 1 N–H and O–H groups in total. The van der Waals surface area contributed by atoms with E-state index in [2.05, 4.69) is 27.4 Å². The molecular weight excluding hydrogens is 350 g/mol. The van der Waals surface area contributed by atoms with Gasteiger partial charge in [0.2, 0.25) is 11.0 Å². The van der Waals surface area contributed by atoms with E-state index in [1.165, 1.54) is 0 Å². The molecule has 9 heteroatoms. The van der Waals surface area contributed by atoms with Crippen molar-refractivity contribution in [3.63, 3.8) is 0 Å². The fourth-order valence-electron chi connectivity index (χ4n) is 2.06. The summed E-state index contributed by atoms with van der Waals surface area (Å²) in [7, 11) is 0. The highest BCUT2D eigenvalue weighted by Gasteiger charge is 2.33. The van der Waals surface area contributed by atoms with Crippen LogP contribution in [0.2, 0.25) is 0 Å². The first kappa shape index (κ1) is 16.7. The van der Waals surface area contributed by atoms with Gasteiger partial charge < -0.3 is 5.32 Å². The number of hydrogen-bond donors (Lipinski definition) is 1. The summed E-state index contributed by atoms with van der Waals surface area (Å²) in [5.74, 6) is 0.826. The highest BCUT2D eigenvalue weighted by molar-refractivity contribution is 8.00. The second-order valence-electron chi connectivity index (χ2n) is 5.33. The van der Waals surface area contributed by atoms with Gasteiger partial charge in [-0.3, -0.25) is 9.69 Å². The molecule has 2 aromatic rings. The number of thioether (sulfide) groups is 1. The van der Waals surface area contributed by atoms with Crippen LogP contribution in [0.25, 0.3) is 0 Å². The number of amides is 1. The fourth-order valence-corrected chi connectivity index (χ4v) is 4.78. The van der Waals surface area contributed by atoms with Gasteiger partial charge in [-0.15, -0.1) is 21.5 Å². The topological polar surface area (TPSA) is 71.0 Å². The molecule has 0 spiro atoms. The van der Waals surface area contributed by atoms with Crippen molar-refractivity contribution in [1.29, 1.82) is 0 Å². The molecule has 0 radical (unpaired) electrons. The molecule has 3 rings (SSSR count). The van der Waals surface area contributed by atoms with E-state index in [9.17, 15) is 4.79 Å². The number of thiazole rings is 1. The molecule has 1 fully saturated rings. The Morgan fingerprint density at radius 2 is 2.30 bits per heavy atom. The number of hydrogen-bond acceptors (Lipinski definition) is 8. The van der Waals surface area contributed by atoms with Gasteiger partial charge in [-0.2, -0.15) is 0 Å². The minimum absolute atomic E-state index is 0.0804. The Kier molecular flexibility index (Phi) is 5.50. The van der Waals surface area contributed by atoms with Crippen molar-refractivity contribution < 1.29 is 4.79 Å². The lowest BCUT2D eigenvalue weighted by atomic mass is 10.5. The summed E-state index contributed by atoms with van der Waals surface area (Å²) in [4.78, 5) is 18.2. The van der Waals surface area contributed by atoms with E-state index in [1.807, 2.05) is 10.3 Å². The quantitative estimate of drug-likeness (QED) is 0.717. The molecule has 0 bridgehead atoms. The Morgan fingerprint density at radius 1 is 1.48 bits per heavy atom. The van der Waals surface area contributed by atoms with Gasteiger partial charge in [-0.05, 0) is 19.3 Å². The lowest BCUT2D eigenvalue weighted by Crippen LogP contribution is -2.30. The lowest BCUT2D eigenvalue weighted by Gasteiger charge is -2.16. The Bertz CT molecular complexity index is 667. The molecule has 0 unspecified atom stereocenters. The standard InChI is InChI=1S/C14H19N5OS3/c1-3-6-15-12-17-18-14(23-12)22-8-10-7-21-13(16-10)19(9(2)20)11-4-5-11/h7,11H,3-6,8H2,1-2H3,(H,15,17). The van der Waals surface area contributed by atoms with E-state index < -0.39 is 0 Å². The summed E-state index contributed by atoms with van der Waals surface area (Å²) in [5.41, 5.74) is 0.986. The Labute approximate surface area is 147 Å². The molecule has 2 aromatic heterocycles. The Morgan fingerprint density at radius 3 is 3.00 bits per heavy atom. The number of nitrogens with one attached hydrogen (secondary N) is 1. The summed E-state index contributed by atoms with van der Waals surface area (Å²) < 4.78 is 0.934. The zero-order valence-corrected chi connectivity index (χ0v) is 15.6. The van der Waals surface area contributed by atoms with E-state index in [0.717, 1.165) is 51.9 Å². The fraction of sp³-hybridized carbons (Fsp3) is 0.571. The zero-order valence-electron chi connectivity index (χ0n) is 13.1. The van der Waals surface area contributed by atoms with E-state index in [4.69, 9.17) is 0 Å². The zero-order chi connectivity index (χ0) is 16.2. The highest BCUT2D eigenvalue weighted by Crippen LogP contribution is 2.35. The number of rotatable bonds is 8. The SMILES string of the molecule is CCCNc1nnc(SCc2csc(N(C(C)=O)C3CC3)n2)s1. The number of carbonyl (C=O) groups is 1. The number of nitrogens with zero attached hydrogens (tertiary/aromatic N) is 4. The van der Waals surface area contributed by atoms with Crippen LogP contribution in [0, 0.1) is 0 Å². The van der Waals surface area contributed by atoms with Crippen LogP contribution in [0.4, 0.5) is 10.3 Å². The predicted molar refractivity (Wildman–Crippen MR) is 96.5 cm³/mol. The molecule has 0 aromatic carbocycles. The predicted octanol–water partition coefficient (Wildman–Crippen LogP) is 3.62. The van der Waals surface area contributed by atoms with Crippen LogP contribution in [0.5, 0.6) is 0 Å². The van der Waals surface area contributed by atoms with Gasteiger partial charge >= 0.3 is 0 Å². The minimum Gasteiger partial charge on any atom is -0.360 e. The lowest BCUT2D eigenvalue weighted by molar-refractivity contribution is -0.116. The van der Waals surface area contributed by atoms with Crippen molar-refractivity contribution in [2.75, 3.05) is 16.8 Å². The number of aromatic nitrogens is 3. The van der Waals surface area contributed by atoms with Crippen molar-refractivity contribution in [2.45, 2.75) is 49.2 Å². The smallest absolute Gasteiger partial charge is 0.225 e. The van der Waals surface area contributed by atoms with Crippen LogP contribution >= 0.6 is 34.4 Å². The molecule has 0 aliphatic heterocycles. The summed E-state index contributed by atoms with van der Waals surface area (Å²) in [6.07, 6.45) is 3.24. The minimum atomic E-state index is 0.0804. The third-order valence-electron chi connectivity index (χ3n) is 3.27. The average molecular weight is 370 g/mol. The molecule has 1 aliphatic rings. The molecule has 23 heavy (non-hydrogen) atoms. The number of anilines is 2.